The van der Waals surface area contributed by atoms with Gasteiger partial charge in [-0.25, -0.2) is 9.59 Å². The van der Waals surface area contributed by atoms with Crippen molar-refractivity contribution in [2.75, 3.05) is 14.2 Å². The highest BCUT2D eigenvalue weighted by atomic mass is 32.2. The molecule has 7 rings (SSSR count). The first-order chi connectivity index (χ1) is 23.8. The van der Waals surface area contributed by atoms with Crippen molar-refractivity contribution in [3.63, 3.8) is 0 Å². The van der Waals surface area contributed by atoms with Gasteiger partial charge in [-0.1, -0.05) is 84.0 Å². The largest absolute Gasteiger partial charge is 0.466 e. The summed E-state index contributed by atoms with van der Waals surface area (Å²) in [6.45, 7) is 1.55. The summed E-state index contributed by atoms with van der Waals surface area (Å²) >= 11 is 1.20. The molecule has 1 atom stereocenters. The number of ether oxygens (including phenoxy) is 2. The van der Waals surface area contributed by atoms with E-state index < -0.39 is 23.4 Å². The van der Waals surface area contributed by atoms with Crippen LogP contribution >= 0.6 is 11.8 Å². The van der Waals surface area contributed by atoms with Gasteiger partial charge >= 0.3 is 11.9 Å². The molecule has 238 valence electrons. The molecule has 49 heavy (non-hydrogen) atoms. The molecule has 2 heterocycles. The molecular formula is C42H29NO5S. The minimum Gasteiger partial charge on any atom is -0.466 e. The lowest BCUT2D eigenvalue weighted by Gasteiger charge is -2.38. The van der Waals surface area contributed by atoms with E-state index in [9.17, 15) is 14.4 Å². The van der Waals surface area contributed by atoms with Crippen LogP contribution in [-0.4, -0.2) is 42.2 Å². The number of nitrogens with zero attached hydrogens (tertiary/aromatic N) is 1. The number of benzene rings is 4. The fourth-order valence-corrected chi connectivity index (χ4v) is 7.48. The topological polar surface area (TPSA) is 72.9 Å². The Bertz CT molecular complexity index is 2210. The van der Waals surface area contributed by atoms with Crippen LogP contribution in [0.25, 0.3) is 11.1 Å². The fourth-order valence-electron chi connectivity index (χ4n) is 6.87. The Morgan fingerprint density at radius 2 is 1.20 bits per heavy atom. The molecule has 0 radical (unpaired) electrons. The Kier molecular flexibility index (Phi) is 8.30. The third kappa shape index (κ3) is 5.45. The van der Waals surface area contributed by atoms with Gasteiger partial charge in [-0.3, -0.25) is 4.79 Å². The van der Waals surface area contributed by atoms with Gasteiger partial charge in [0, 0.05) is 40.3 Å². The van der Waals surface area contributed by atoms with Crippen molar-refractivity contribution >= 4 is 28.8 Å². The highest BCUT2D eigenvalue weighted by molar-refractivity contribution is 8.13. The van der Waals surface area contributed by atoms with E-state index in [4.69, 9.17) is 9.47 Å². The lowest BCUT2D eigenvalue weighted by Crippen LogP contribution is -2.44. The molecule has 0 aromatic heterocycles. The summed E-state index contributed by atoms with van der Waals surface area (Å²) in [5, 5.41) is 0.0463. The van der Waals surface area contributed by atoms with Crippen LogP contribution in [-0.2, 0) is 29.3 Å². The standard InChI is InChI=1S/C42H29NO5S/c1-27(44)49-32-22-20-30(21-23-32)17-16-28-12-14-29(15-13-28)18-19-31-24-25-43-37(26-31)42(38(40(45)47-2)39(43)41(46)48-3)35-10-6-4-8-33(35)34-9-5-7-11-36(34)42/h4-15,20-26,37H,1-3H3. The Hall–Kier alpha value is -6.02. The summed E-state index contributed by atoms with van der Waals surface area (Å²) in [4.78, 5) is 41.2. The highest BCUT2D eigenvalue weighted by Gasteiger charge is 2.62. The highest BCUT2D eigenvalue weighted by Crippen LogP contribution is 2.60. The monoisotopic (exact) mass is 659 g/mol. The van der Waals surface area contributed by atoms with E-state index in [-0.39, 0.29) is 16.4 Å². The van der Waals surface area contributed by atoms with Crippen molar-refractivity contribution in [1.82, 2.24) is 4.90 Å². The number of carbonyl (C=O) groups excluding carboxylic acids is 3. The molecule has 0 N–H and O–H groups in total. The lowest BCUT2D eigenvalue weighted by atomic mass is 9.67. The first-order valence-corrected chi connectivity index (χ1v) is 16.4. The number of thioether (sulfide) groups is 1. The zero-order valence-electron chi connectivity index (χ0n) is 26.9. The van der Waals surface area contributed by atoms with Gasteiger partial charge in [0.2, 0.25) is 0 Å². The van der Waals surface area contributed by atoms with Crippen molar-refractivity contribution in [2.24, 2.45) is 0 Å². The fraction of sp³-hybridized carbons (Fsp3) is 0.119. The normalized spacial score (nSPS) is 15.9. The SMILES string of the molecule is COC(=O)C1=C(C(=O)OC)C2(c3ccccc3-c3ccccc32)C2C=C(C#Cc3ccc(C#Cc4ccc(SC(C)=O)cc4)cc3)C=CN12. The van der Waals surface area contributed by atoms with Crippen molar-refractivity contribution < 1.29 is 23.9 Å². The van der Waals surface area contributed by atoms with Crippen LogP contribution < -0.4 is 0 Å². The van der Waals surface area contributed by atoms with Gasteiger partial charge in [0.15, 0.2) is 5.12 Å². The predicted molar refractivity (Wildman–Crippen MR) is 189 cm³/mol. The number of methoxy groups -OCH3 is 2. The number of esters is 2. The molecule has 0 bridgehead atoms. The Balaban J connectivity index is 1.24. The van der Waals surface area contributed by atoms with E-state index in [1.165, 1.54) is 26.0 Å². The average molecular weight is 660 g/mol. The molecule has 1 aliphatic carbocycles. The molecule has 1 spiro atoms. The minimum atomic E-state index is -1.05. The van der Waals surface area contributed by atoms with Crippen molar-refractivity contribution in [3.8, 4) is 34.8 Å². The summed E-state index contributed by atoms with van der Waals surface area (Å²) in [7, 11) is 2.64. The maximum absolute atomic E-state index is 13.8. The second kappa shape index (κ2) is 12.9. The minimum absolute atomic E-state index is 0.0463. The summed E-state index contributed by atoms with van der Waals surface area (Å²) in [6, 6.07) is 30.8. The predicted octanol–water partition coefficient (Wildman–Crippen LogP) is 6.78. The quantitative estimate of drug-likeness (QED) is 0.136. The summed E-state index contributed by atoms with van der Waals surface area (Å²) in [6.07, 6.45) is 5.66. The Labute approximate surface area is 289 Å². The Morgan fingerprint density at radius 1 is 0.694 bits per heavy atom. The number of carbonyl (C=O) groups is 3. The molecule has 4 aromatic carbocycles. The smallest absolute Gasteiger partial charge is 0.355 e. The number of allylic oxidation sites excluding steroid dienone is 2. The van der Waals surface area contributed by atoms with Gasteiger partial charge in [-0.15, -0.1) is 0 Å². The van der Waals surface area contributed by atoms with Crippen LogP contribution in [0.3, 0.4) is 0 Å². The molecule has 0 amide bonds. The second-order valence-electron chi connectivity index (χ2n) is 11.6. The van der Waals surface area contributed by atoms with Gasteiger partial charge in [0.1, 0.15) is 5.70 Å². The molecule has 4 aromatic rings. The zero-order valence-corrected chi connectivity index (χ0v) is 27.8. The number of fused-ring (bicyclic) bond motifs is 7. The van der Waals surface area contributed by atoms with E-state index in [0.29, 0.717) is 0 Å². The molecular weight excluding hydrogens is 631 g/mol. The van der Waals surface area contributed by atoms with E-state index >= 15 is 0 Å². The average Bonchev–Trinajstić information content (AvgIpc) is 3.60. The Morgan fingerprint density at radius 3 is 1.73 bits per heavy atom. The lowest BCUT2D eigenvalue weighted by molar-refractivity contribution is -0.140. The molecule has 7 heteroatoms. The van der Waals surface area contributed by atoms with Gasteiger partial charge < -0.3 is 14.4 Å². The first-order valence-electron chi connectivity index (χ1n) is 15.6. The van der Waals surface area contributed by atoms with Crippen molar-refractivity contribution in [1.29, 1.82) is 0 Å². The van der Waals surface area contributed by atoms with Crippen molar-refractivity contribution in [2.45, 2.75) is 23.3 Å². The summed E-state index contributed by atoms with van der Waals surface area (Å²) < 4.78 is 10.6. The van der Waals surface area contributed by atoms with Crippen LogP contribution in [0.4, 0.5) is 0 Å². The van der Waals surface area contributed by atoms with Crippen LogP contribution in [0, 0.1) is 23.7 Å². The van der Waals surface area contributed by atoms with E-state index in [0.717, 1.165) is 49.4 Å². The first kappa shape index (κ1) is 31.6. The maximum Gasteiger partial charge on any atom is 0.355 e. The third-order valence-electron chi connectivity index (χ3n) is 8.85. The number of hydrogen-bond donors (Lipinski definition) is 0. The van der Waals surface area contributed by atoms with Crippen LogP contribution in [0.15, 0.2) is 137 Å². The summed E-state index contributed by atoms with van der Waals surface area (Å²) in [5.41, 5.74) is 6.41. The van der Waals surface area contributed by atoms with Gasteiger partial charge in [-0.2, -0.15) is 0 Å². The van der Waals surface area contributed by atoms with Crippen LogP contribution in [0.2, 0.25) is 0 Å². The third-order valence-corrected chi connectivity index (χ3v) is 9.65. The summed E-state index contributed by atoms with van der Waals surface area (Å²) in [5.74, 6) is 11.7. The van der Waals surface area contributed by atoms with Crippen LogP contribution in [0.1, 0.15) is 34.7 Å². The van der Waals surface area contributed by atoms with Crippen LogP contribution in [0.5, 0.6) is 0 Å². The molecule has 6 nitrogen and oxygen atoms in total. The molecule has 0 saturated carbocycles. The second-order valence-corrected chi connectivity index (χ2v) is 12.8. The van der Waals surface area contributed by atoms with Gasteiger partial charge in [0.05, 0.1) is 31.2 Å². The number of hydrogen-bond acceptors (Lipinski definition) is 7. The molecule has 3 aliphatic rings. The molecule has 0 fully saturated rings. The maximum atomic E-state index is 13.8. The van der Waals surface area contributed by atoms with Gasteiger partial charge in [0.25, 0.3) is 0 Å². The van der Waals surface area contributed by atoms with Crippen molar-refractivity contribution in [3.05, 3.63) is 160 Å². The van der Waals surface area contributed by atoms with E-state index in [1.807, 2.05) is 114 Å². The van der Waals surface area contributed by atoms with E-state index in [1.54, 1.807) is 13.1 Å². The zero-order chi connectivity index (χ0) is 34.1. The van der Waals surface area contributed by atoms with E-state index in [2.05, 4.69) is 23.7 Å². The molecule has 1 unspecified atom stereocenters. The molecule has 2 aliphatic heterocycles. The van der Waals surface area contributed by atoms with Gasteiger partial charge in [-0.05, 0) is 82.9 Å². The molecule has 0 saturated heterocycles. The number of rotatable bonds is 3.